The monoisotopic (exact) mass is 410 g/mol. The van der Waals surface area contributed by atoms with Crippen molar-refractivity contribution >= 4 is 29.9 Å². The number of aliphatic imine (C=N–C) groups is 1. The van der Waals surface area contributed by atoms with Crippen molar-refractivity contribution in [3.05, 3.63) is 0 Å². The van der Waals surface area contributed by atoms with E-state index in [1.165, 1.54) is 19.5 Å². The maximum absolute atomic E-state index is 9.56. The molecule has 1 aliphatic heterocycles. The van der Waals surface area contributed by atoms with E-state index in [9.17, 15) is 5.11 Å². The molecule has 1 unspecified atom stereocenters. The van der Waals surface area contributed by atoms with Gasteiger partial charge in [0, 0.05) is 25.7 Å². The Morgan fingerprint density at radius 3 is 2.52 bits per heavy atom. The first-order chi connectivity index (χ1) is 9.67. The summed E-state index contributed by atoms with van der Waals surface area (Å²) < 4.78 is 0. The van der Waals surface area contributed by atoms with E-state index >= 15 is 0 Å². The summed E-state index contributed by atoms with van der Waals surface area (Å²) >= 11 is 0. The molecule has 124 valence electrons. The Morgan fingerprint density at radius 2 is 1.95 bits per heavy atom. The van der Waals surface area contributed by atoms with Gasteiger partial charge in [0.2, 0.25) is 0 Å². The molecule has 1 saturated heterocycles. The molecule has 0 amide bonds. The van der Waals surface area contributed by atoms with E-state index in [0.29, 0.717) is 12.0 Å². The van der Waals surface area contributed by atoms with E-state index in [-0.39, 0.29) is 30.1 Å². The van der Waals surface area contributed by atoms with E-state index in [2.05, 4.69) is 29.5 Å². The molecule has 0 aromatic rings. The van der Waals surface area contributed by atoms with Crippen molar-refractivity contribution in [1.29, 1.82) is 0 Å². The Bertz CT molecular complexity index is 319. The van der Waals surface area contributed by atoms with Crippen LogP contribution in [0.5, 0.6) is 0 Å². The minimum atomic E-state index is -0.0957. The van der Waals surface area contributed by atoms with Gasteiger partial charge in [-0.3, -0.25) is 4.99 Å². The number of nitrogens with zero attached hydrogens (tertiary/aromatic N) is 2. The van der Waals surface area contributed by atoms with Gasteiger partial charge < -0.3 is 20.6 Å². The van der Waals surface area contributed by atoms with Crippen LogP contribution in [0.3, 0.4) is 0 Å². The van der Waals surface area contributed by atoms with Gasteiger partial charge in [-0.1, -0.05) is 0 Å². The minimum absolute atomic E-state index is 0. The second-order valence-electron chi connectivity index (χ2n) is 6.29. The van der Waals surface area contributed by atoms with Crippen molar-refractivity contribution in [2.75, 3.05) is 33.2 Å². The van der Waals surface area contributed by atoms with Crippen LogP contribution in [0.15, 0.2) is 4.99 Å². The maximum Gasteiger partial charge on any atom is 0.191 e. The summed E-state index contributed by atoms with van der Waals surface area (Å²) in [6.07, 6.45) is 5.06. The van der Waals surface area contributed by atoms with Gasteiger partial charge in [0.1, 0.15) is 0 Å². The summed E-state index contributed by atoms with van der Waals surface area (Å²) in [5.74, 6) is 1.65. The summed E-state index contributed by atoms with van der Waals surface area (Å²) in [5.41, 5.74) is 0. The molecular formula is C15H31IN4O. The van der Waals surface area contributed by atoms with Crippen molar-refractivity contribution in [2.45, 2.75) is 51.2 Å². The third-order valence-corrected chi connectivity index (χ3v) is 4.38. The molecule has 0 spiro atoms. The lowest BCUT2D eigenvalue weighted by Crippen LogP contribution is -2.45. The highest BCUT2D eigenvalue weighted by Crippen LogP contribution is 2.18. The summed E-state index contributed by atoms with van der Waals surface area (Å²) in [6, 6.07) is 0.461. The van der Waals surface area contributed by atoms with E-state index in [1.807, 2.05) is 0 Å². The molecular weight excluding hydrogens is 379 g/mol. The number of likely N-dealkylation sites (tertiary alicyclic amines) is 1. The van der Waals surface area contributed by atoms with Crippen molar-refractivity contribution in [3.63, 3.8) is 0 Å². The zero-order chi connectivity index (χ0) is 14.4. The third kappa shape index (κ3) is 6.69. The van der Waals surface area contributed by atoms with E-state index in [0.717, 1.165) is 44.7 Å². The standard InChI is InChI=1S/C15H30N4O.HI/c1-3-16-15(17-10-12-8-9-19(2)11-12)18-13-4-6-14(20)7-5-13;/h12-14,20H,3-11H2,1-2H3,(H2,16,17,18);1H. The molecule has 21 heavy (non-hydrogen) atoms. The number of hydrogen-bond donors (Lipinski definition) is 3. The Kier molecular flexibility index (Phi) is 8.89. The molecule has 2 aliphatic rings. The average molecular weight is 410 g/mol. The maximum atomic E-state index is 9.56. The smallest absolute Gasteiger partial charge is 0.191 e. The first kappa shape index (κ1) is 19.0. The van der Waals surface area contributed by atoms with Crippen LogP contribution in [-0.2, 0) is 0 Å². The second-order valence-corrected chi connectivity index (χ2v) is 6.29. The van der Waals surface area contributed by atoms with Crippen LogP contribution in [0.2, 0.25) is 0 Å². The summed E-state index contributed by atoms with van der Waals surface area (Å²) in [4.78, 5) is 7.13. The number of halogens is 1. The van der Waals surface area contributed by atoms with Crippen LogP contribution < -0.4 is 10.6 Å². The van der Waals surface area contributed by atoms with Crippen LogP contribution in [0.4, 0.5) is 0 Å². The molecule has 2 fully saturated rings. The summed E-state index contributed by atoms with van der Waals surface area (Å²) in [6.45, 7) is 6.27. The largest absolute Gasteiger partial charge is 0.393 e. The molecule has 1 atom stereocenters. The molecule has 6 heteroatoms. The van der Waals surface area contributed by atoms with Gasteiger partial charge in [-0.25, -0.2) is 0 Å². The molecule has 2 rings (SSSR count). The molecule has 1 aliphatic carbocycles. The van der Waals surface area contributed by atoms with E-state index in [1.54, 1.807) is 0 Å². The van der Waals surface area contributed by atoms with E-state index < -0.39 is 0 Å². The molecule has 3 N–H and O–H groups in total. The second kappa shape index (κ2) is 9.84. The number of guanidine groups is 1. The summed E-state index contributed by atoms with van der Waals surface area (Å²) in [5, 5.41) is 16.4. The molecule has 0 aromatic carbocycles. The van der Waals surface area contributed by atoms with Gasteiger partial charge in [0.15, 0.2) is 5.96 Å². The average Bonchev–Trinajstić information content (AvgIpc) is 2.85. The van der Waals surface area contributed by atoms with Crippen LogP contribution in [0, 0.1) is 5.92 Å². The predicted molar refractivity (Wildman–Crippen MR) is 98.4 cm³/mol. The molecule has 0 aromatic heterocycles. The van der Waals surface area contributed by atoms with E-state index in [4.69, 9.17) is 4.99 Å². The van der Waals surface area contributed by atoms with Crippen molar-refractivity contribution in [1.82, 2.24) is 15.5 Å². The fourth-order valence-corrected chi connectivity index (χ4v) is 3.13. The highest BCUT2D eigenvalue weighted by atomic mass is 127. The number of aliphatic hydroxyl groups is 1. The zero-order valence-electron chi connectivity index (χ0n) is 13.3. The molecule has 1 saturated carbocycles. The minimum Gasteiger partial charge on any atom is -0.393 e. The number of rotatable bonds is 4. The quantitative estimate of drug-likeness (QED) is 0.373. The first-order valence-corrected chi connectivity index (χ1v) is 8.08. The van der Waals surface area contributed by atoms with Gasteiger partial charge in [0.05, 0.1) is 6.10 Å². The first-order valence-electron chi connectivity index (χ1n) is 8.08. The van der Waals surface area contributed by atoms with Gasteiger partial charge in [0.25, 0.3) is 0 Å². The Balaban J connectivity index is 0.00000220. The van der Waals surface area contributed by atoms with Gasteiger partial charge >= 0.3 is 0 Å². The number of nitrogens with one attached hydrogen (secondary N) is 2. The van der Waals surface area contributed by atoms with Crippen molar-refractivity contribution < 1.29 is 5.11 Å². The molecule has 1 heterocycles. The lowest BCUT2D eigenvalue weighted by atomic mass is 9.93. The Hall–Kier alpha value is -0.0800. The fraction of sp³-hybridized carbons (Fsp3) is 0.933. The topological polar surface area (TPSA) is 59.9 Å². The highest BCUT2D eigenvalue weighted by Gasteiger charge is 2.21. The van der Waals surface area contributed by atoms with Gasteiger partial charge in [-0.15, -0.1) is 24.0 Å². The van der Waals surface area contributed by atoms with Crippen LogP contribution in [0.1, 0.15) is 39.0 Å². The lowest BCUT2D eigenvalue weighted by Gasteiger charge is -2.27. The Morgan fingerprint density at radius 1 is 1.24 bits per heavy atom. The van der Waals surface area contributed by atoms with Crippen LogP contribution in [-0.4, -0.2) is 61.3 Å². The van der Waals surface area contributed by atoms with Crippen molar-refractivity contribution in [3.8, 4) is 0 Å². The molecule has 5 nitrogen and oxygen atoms in total. The molecule has 0 radical (unpaired) electrons. The Labute approximate surface area is 146 Å². The predicted octanol–water partition coefficient (Wildman–Crippen LogP) is 1.41. The van der Waals surface area contributed by atoms with Crippen LogP contribution in [0.25, 0.3) is 0 Å². The lowest BCUT2D eigenvalue weighted by molar-refractivity contribution is 0.120. The summed E-state index contributed by atoms with van der Waals surface area (Å²) in [7, 11) is 2.18. The SMILES string of the molecule is CCNC(=NCC1CCN(C)C1)NC1CCC(O)CC1.I. The number of hydrogen-bond acceptors (Lipinski definition) is 3. The van der Waals surface area contributed by atoms with Crippen LogP contribution >= 0.6 is 24.0 Å². The highest BCUT2D eigenvalue weighted by molar-refractivity contribution is 14.0. The zero-order valence-corrected chi connectivity index (χ0v) is 15.7. The number of aliphatic hydroxyl groups excluding tert-OH is 1. The normalized spacial score (nSPS) is 30.8. The molecule has 0 bridgehead atoms. The fourth-order valence-electron chi connectivity index (χ4n) is 3.13. The van der Waals surface area contributed by atoms with Gasteiger partial charge in [-0.2, -0.15) is 0 Å². The third-order valence-electron chi connectivity index (χ3n) is 4.38. The van der Waals surface area contributed by atoms with Crippen molar-refractivity contribution in [2.24, 2.45) is 10.9 Å². The van der Waals surface area contributed by atoms with Gasteiger partial charge in [-0.05, 0) is 58.5 Å².